The molecule has 1 aliphatic heterocycles. The van der Waals surface area contributed by atoms with Gasteiger partial charge in [0.25, 0.3) is 0 Å². The van der Waals surface area contributed by atoms with Crippen molar-refractivity contribution in [3.63, 3.8) is 0 Å². The molecule has 1 atom stereocenters. The van der Waals surface area contributed by atoms with Crippen LogP contribution in [0.2, 0.25) is 0 Å². The first-order valence-electron chi connectivity index (χ1n) is 3.66. The minimum atomic E-state index is -0.0731. The number of hydrogen-bond donors (Lipinski definition) is 0. The molecule has 0 aromatic rings. The number of ketones is 1. The molecule has 0 radical (unpaired) electrons. The normalized spacial score (nSPS) is 30.5. The standard InChI is InChI=1S/C8H14O2/c1-6(9)7-4-8(2,3)10-5-7/h7H,4-5H2,1-3H3/t7-/m0/s1. The first-order chi connectivity index (χ1) is 4.51. The zero-order valence-electron chi connectivity index (χ0n) is 6.81. The van der Waals surface area contributed by atoms with Gasteiger partial charge < -0.3 is 4.74 Å². The average molecular weight is 142 g/mol. The molecule has 58 valence electrons. The van der Waals surface area contributed by atoms with Crippen LogP contribution in [-0.4, -0.2) is 18.0 Å². The Bertz CT molecular complexity index is 149. The van der Waals surface area contributed by atoms with E-state index >= 15 is 0 Å². The van der Waals surface area contributed by atoms with Gasteiger partial charge in [0.1, 0.15) is 5.78 Å². The molecule has 0 bridgehead atoms. The van der Waals surface area contributed by atoms with Crippen LogP contribution in [0.3, 0.4) is 0 Å². The predicted octanol–water partition coefficient (Wildman–Crippen LogP) is 1.39. The van der Waals surface area contributed by atoms with Crippen molar-refractivity contribution in [3.8, 4) is 0 Å². The predicted molar refractivity (Wildman–Crippen MR) is 38.8 cm³/mol. The summed E-state index contributed by atoms with van der Waals surface area (Å²) in [6, 6.07) is 0. The van der Waals surface area contributed by atoms with Gasteiger partial charge in [0.05, 0.1) is 12.2 Å². The van der Waals surface area contributed by atoms with E-state index in [2.05, 4.69) is 0 Å². The van der Waals surface area contributed by atoms with Crippen LogP contribution in [0.4, 0.5) is 0 Å². The van der Waals surface area contributed by atoms with Crippen molar-refractivity contribution in [1.29, 1.82) is 0 Å². The van der Waals surface area contributed by atoms with Crippen molar-refractivity contribution in [2.24, 2.45) is 5.92 Å². The van der Waals surface area contributed by atoms with Crippen LogP contribution in [0.15, 0.2) is 0 Å². The number of carbonyl (C=O) groups is 1. The fourth-order valence-corrected chi connectivity index (χ4v) is 1.30. The number of carbonyl (C=O) groups excluding carboxylic acids is 1. The van der Waals surface area contributed by atoms with E-state index in [0.717, 1.165) is 6.42 Å². The van der Waals surface area contributed by atoms with E-state index in [-0.39, 0.29) is 17.3 Å². The van der Waals surface area contributed by atoms with Crippen LogP contribution in [0, 0.1) is 5.92 Å². The highest BCUT2D eigenvalue weighted by Crippen LogP contribution is 2.29. The van der Waals surface area contributed by atoms with Crippen molar-refractivity contribution in [2.45, 2.75) is 32.8 Å². The van der Waals surface area contributed by atoms with Gasteiger partial charge in [0, 0.05) is 5.92 Å². The van der Waals surface area contributed by atoms with Crippen molar-refractivity contribution < 1.29 is 9.53 Å². The summed E-state index contributed by atoms with van der Waals surface area (Å²) in [6.07, 6.45) is 0.877. The number of rotatable bonds is 1. The van der Waals surface area contributed by atoms with Gasteiger partial charge in [0.15, 0.2) is 0 Å². The summed E-state index contributed by atoms with van der Waals surface area (Å²) >= 11 is 0. The molecule has 2 nitrogen and oxygen atoms in total. The third kappa shape index (κ3) is 1.57. The molecule has 1 rings (SSSR count). The van der Waals surface area contributed by atoms with Gasteiger partial charge in [-0.1, -0.05) is 0 Å². The van der Waals surface area contributed by atoms with Crippen molar-refractivity contribution in [3.05, 3.63) is 0 Å². The van der Waals surface area contributed by atoms with Crippen LogP contribution < -0.4 is 0 Å². The van der Waals surface area contributed by atoms with E-state index in [1.54, 1.807) is 6.92 Å². The Morgan fingerprint density at radius 1 is 1.60 bits per heavy atom. The maximum Gasteiger partial charge on any atom is 0.135 e. The fraction of sp³-hybridized carbons (Fsp3) is 0.875. The second kappa shape index (κ2) is 2.35. The molecule has 0 spiro atoms. The highest BCUT2D eigenvalue weighted by Gasteiger charge is 2.33. The lowest BCUT2D eigenvalue weighted by Crippen LogP contribution is -2.17. The molecule has 10 heavy (non-hydrogen) atoms. The molecular formula is C8H14O2. The zero-order valence-corrected chi connectivity index (χ0v) is 6.81. The molecule has 0 aromatic heterocycles. The van der Waals surface area contributed by atoms with Crippen LogP contribution in [0.1, 0.15) is 27.2 Å². The zero-order chi connectivity index (χ0) is 7.78. The molecule has 1 fully saturated rings. The van der Waals surface area contributed by atoms with E-state index in [0.29, 0.717) is 6.61 Å². The molecule has 0 aromatic carbocycles. The van der Waals surface area contributed by atoms with Gasteiger partial charge in [-0.15, -0.1) is 0 Å². The first-order valence-corrected chi connectivity index (χ1v) is 3.66. The highest BCUT2D eigenvalue weighted by molar-refractivity contribution is 5.78. The maximum absolute atomic E-state index is 10.9. The summed E-state index contributed by atoms with van der Waals surface area (Å²) < 4.78 is 5.39. The van der Waals surface area contributed by atoms with Gasteiger partial charge in [-0.2, -0.15) is 0 Å². The van der Waals surface area contributed by atoms with Gasteiger partial charge in [0.2, 0.25) is 0 Å². The lowest BCUT2D eigenvalue weighted by Gasteiger charge is -2.14. The monoisotopic (exact) mass is 142 g/mol. The van der Waals surface area contributed by atoms with Crippen molar-refractivity contribution in [1.82, 2.24) is 0 Å². The highest BCUT2D eigenvalue weighted by atomic mass is 16.5. The molecule has 1 heterocycles. The molecule has 1 aliphatic rings. The topological polar surface area (TPSA) is 26.3 Å². The third-order valence-corrected chi connectivity index (χ3v) is 1.99. The molecule has 1 saturated heterocycles. The second-order valence-corrected chi connectivity index (χ2v) is 3.58. The summed E-state index contributed by atoms with van der Waals surface area (Å²) in [7, 11) is 0. The molecule has 0 N–H and O–H groups in total. The van der Waals surface area contributed by atoms with Crippen LogP contribution in [-0.2, 0) is 9.53 Å². The minimum absolute atomic E-state index is 0.0731. The van der Waals surface area contributed by atoms with E-state index in [1.165, 1.54) is 0 Å². The fourth-order valence-electron chi connectivity index (χ4n) is 1.30. The molecule has 0 saturated carbocycles. The lowest BCUT2D eigenvalue weighted by molar-refractivity contribution is -0.120. The lowest BCUT2D eigenvalue weighted by atomic mass is 9.95. The Labute approximate surface area is 61.6 Å². The Morgan fingerprint density at radius 2 is 2.20 bits per heavy atom. The number of ether oxygens (including phenoxy) is 1. The van der Waals surface area contributed by atoms with Crippen LogP contribution >= 0.6 is 0 Å². The van der Waals surface area contributed by atoms with E-state index in [1.807, 2.05) is 13.8 Å². The SMILES string of the molecule is CC(=O)[C@@H]1COC(C)(C)C1. The van der Waals surface area contributed by atoms with Crippen LogP contribution in [0.5, 0.6) is 0 Å². The molecular weight excluding hydrogens is 128 g/mol. The van der Waals surface area contributed by atoms with E-state index < -0.39 is 0 Å². The minimum Gasteiger partial charge on any atom is -0.375 e. The molecule has 0 aliphatic carbocycles. The Morgan fingerprint density at radius 3 is 2.40 bits per heavy atom. The van der Waals surface area contributed by atoms with Crippen molar-refractivity contribution >= 4 is 5.78 Å². The number of hydrogen-bond acceptors (Lipinski definition) is 2. The quantitative estimate of drug-likeness (QED) is 0.553. The average Bonchev–Trinajstić information content (AvgIpc) is 2.10. The Balaban J connectivity index is 2.51. The van der Waals surface area contributed by atoms with Gasteiger partial charge in [-0.3, -0.25) is 4.79 Å². The summed E-state index contributed by atoms with van der Waals surface area (Å²) in [5, 5.41) is 0. The van der Waals surface area contributed by atoms with Gasteiger partial charge in [-0.05, 0) is 27.2 Å². The van der Waals surface area contributed by atoms with Crippen LogP contribution in [0.25, 0.3) is 0 Å². The third-order valence-electron chi connectivity index (χ3n) is 1.99. The van der Waals surface area contributed by atoms with Gasteiger partial charge >= 0.3 is 0 Å². The smallest absolute Gasteiger partial charge is 0.135 e. The molecule has 0 unspecified atom stereocenters. The Kier molecular flexibility index (Phi) is 1.82. The largest absolute Gasteiger partial charge is 0.375 e. The van der Waals surface area contributed by atoms with E-state index in [9.17, 15) is 4.79 Å². The first kappa shape index (κ1) is 7.73. The summed E-state index contributed by atoms with van der Waals surface area (Å²) in [4.78, 5) is 10.9. The Hall–Kier alpha value is -0.370. The van der Waals surface area contributed by atoms with E-state index in [4.69, 9.17) is 4.74 Å². The molecule has 0 amide bonds. The number of Topliss-reactive ketones (excluding diaryl/α,β-unsaturated/α-hetero) is 1. The molecule has 2 heteroatoms. The van der Waals surface area contributed by atoms with Gasteiger partial charge in [-0.25, -0.2) is 0 Å². The summed E-state index contributed by atoms with van der Waals surface area (Å²) in [6.45, 7) is 6.30. The summed E-state index contributed by atoms with van der Waals surface area (Å²) in [5.74, 6) is 0.403. The van der Waals surface area contributed by atoms with Crippen molar-refractivity contribution in [2.75, 3.05) is 6.61 Å². The summed E-state index contributed by atoms with van der Waals surface area (Å²) in [5.41, 5.74) is -0.0731. The maximum atomic E-state index is 10.9. The second-order valence-electron chi connectivity index (χ2n) is 3.58.